The molecule has 0 heterocycles. The molecule has 11 atom stereocenters. The van der Waals surface area contributed by atoms with E-state index in [1.807, 2.05) is 0 Å². The van der Waals surface area contributed by atoms with Crippen LogP contribution < -0.4 is 0 Å². The first kappa shape index (κ1) is 20.1. The minimum atomic E-state index is -0.252. The maximum atomic E-state index is 13.3. The first-order valence-corrected chi connectivity index (χ1v) is 13.6. The van der Waals surface area contributed by atoms with Gasteiger partial charge in [0.05, 0.1) is 11.8 Å². The Morgan fingerprint density at radius 2 is 1.50 bits per heavy atom. The van der Waals surface area contributed by atoms with Crippen LogP contribution in [0.25, 0.3) is 0 Å². The molecule has 0 N–H and O–H groups in total. The van der Waals surface area contributed by atoms with Crippen molar-refractivity contribution < 1.29 is 19.1 Å². The van der Waals surface area contributed by atoms with Gasteiger partial charge < -0.3 is 9.47 Å². The Balaban J connectivity index is 0.954. The summed E-state index contributed by atoms with van der Waals surface area (Å²) in [6, 6.07) is 0. The third-order valence-corrected chi connectivity index (χ3v) is 11.2. The van der Waals surface area contributed by atoms with Crippen molar-refractivity contribution in [2.75, 3.05) is 0 Å². The van der Waals surface area contributed by atoms with Crippen molar-refractivity contribution in [3.63, 3.8) is 0 Å². The number of carbonyl (C=O) groups excluding carboxylic acids is 2. The first-order chi connectivity index (χ1) is 15.5. The molecule has 4 nitrogen and oxygen atoms in total. The van der Waals surface area contributed by atoms with Gasteiger partial charge >= 0.3 is 11.9 Å². The average Bonchev–Trinajstić information content (AvgIpc) is 3.60. The lowest BCUT2D eigenvalue weighted by molar-refractivity contribution is -0.170. The summed E-state index contributed by atoms with van der Waals surface area (Å²) in [4.78, 5) is 26.2. The SMILES string of the molecule is CC1(OC(=O)C2CC3CC2CC3OC(=O)C2CC3CC2C2C4C=CC(C4)C32)CCCCC1. The lowest BCUT2D eigenvalue weighted by atomic mass is 9.69. The Hall–Kier alpha value is -1.32. The van der Waals surface area contributed by atoms with Crippen LogP contribution in [0.3, 0.4) is 0 Å². The molecular formula is C28H38O4. The first-order valence-electron chi connectivity index (χ1n) is 13.6. The second-order valence-corrected chi connectivity index (χ2v) is 12.8. The number of hydrogen-bond donors (Lipinski definition) is 0. The van der Waals surface area contributed by atoms with Crippen LogP contribution in [0.1, 0.15) is 77.6 Å². The molecule has 0 aromatic heterocycles. The smallest absolute Gasteiger partial charge is 0.309 e. The summed E-state index contributed by atoms with van der Waals surface area (Å²) >= 11 is 0. The van der Waals surface area contributed by atoms with Gasteiger partial charge in [0.15, 0.2) is 0 Å². The van der Waals surface area contributed by atoms with Crippen molar-refractivity contribution in [1.82, 2.24) is 0 Å². The number of ether oxygens (including phenoxy) is 2. The van der Waals surface area contributed by atoms with E-state index in [1.54, 1.807) is 0 Å². The standard InChI is InChI=1S/C28H38O4/c1-28(7-3-2-4-8-28)32-27(30)20-11-18-10-17(20)14-23(18)31-26(29)22-13-19-12-21(22)25-16-6-5-15(9-16)24(19)25/h5-6,15-25H,2-4,7-14H2,1H3. The predicted molar refractivity (Wildman–Crippen MR) is 119 cm³/mol. The Bertz CT molecular complexity index is 840. The van der Waals surface area contributed by atoms with Crippen molar-refractivity contribution >= 4 is 11.9 Å². The molecule has 32 heavy (non-hydrogen) atoms. The average molecular weight is 439 g/mol. The number of rotatable bonds is 4. The molecule has 0 amide bonds. The van der Waals surface area contributed by atoms with Crippen LogP contribution in [0.5, 0.6) is 0 Å². The zero-order valence-corrected chi connectivity index (χ0v) is 19.4. The van der Waals surface area contributed by atoms with Crippen molar-refractivity contribution in [3.8, 4) is 0 Å². The highest BCUT2D eigenvalue weighted by Crippen LogP contribution is 2.67. The predicted octanol–water partition coefficient (Wildman–Crippen LogP) is 5.30. The van der Waals surface area contributed by atoms with E-state index in [0.717, 1.165) is 68.1 Å². The highest BCUT2D eigenvalue weighted by molar-refractivity contribution is 5.75. The molecule has 7 aliphatic rings. The van der Waals surface area contributed by atoms with Gasteiger partial charge in [-0.25, -0.2) is 0 Å². The molecule has 6 saturated carbocycles. The second kappa shape index (κ2) is 7.09. The number of esters is 2. The van der Waals surface area contributed by atoms with Gasteiger partial charge in [-0.3, -0.25) is 9.59 Å². The van der Waals surface area contributed by atoms with Crippen molar-refractivity contribution in [3.05, 3.63) is 12.2 Å². The molecular weight excluding hydrogens is 400 g/mol. The zero-order valence-electron chi connectivity index (χ0n) is 19.4. The van der Waals surface area contributed by atoms with Crippen molar-refractivity contribution in [2.45, 2.75) is 89.3 Å². The second-order valence-electron chi connectivity index (χ2n) is 12.8. The van der Waals surface area contributed by atoms with E-state index in [1.165, 1.54) is 32.1 Å². The van der Waals surface area contributed by atoms with Gasteiger partial charge in [-0.1, -0.05) is 18.6 Å². The molecule has 0 saturated heterocycles. The fraction of sp³-hybridized carbons (Fsp3) is 0.857. The summed E-state index contributed by atoms with van der Waals surface area (Å²) in [7, 11) is 0. The molecule has 0 spiro atoms. The topological polar surface area (TPSA) is 52.6 Å². The van der Waals surface area contributed by atoms with E-state index in [-0.39, 0.29) is 35.5 Å². The van der Waals surface area contributed by atoms with Gasteiger partial charge in [0, 0.05) is 0 Å². The number of allylic oxidation sites excluding steroid dienone is 2. The largest absolute Gasteiger partial charge is 0.462 e. The third kappa shape index (κ3) is 2.92. The van der Waals surface area contributed by atoms with Crippen LogP contribution in [-0.4, -0.2) is 23.6 Å². The quantitative estimate of drug-likeness (QED) is 0.339. The summed E-state index contributed by atoms with van der Waals surface area (Å²) < 4.78 is 12.3. The van der Waals surface area contributed by atoms with Gasteiger partial charge in [0.1, 0.15) is 11.7 Å². The normalized spacial score (nSPS) is 51.2. The monoisotopic (exact) mass is 438 g/mol. The molecule has 0 aromatic carbocycles. The van der Waals surface area contributed by atoms with Crippen LogP contribution in [0, 0.1) is 59.2 Å². The molecule has 6 bridgehead atoms. The molecule has 4 heteroatoms. The number of carbonyl (C=O) groups is 2. The fourth-order valence-corrected chi connectivity index (χ4v) is 9.90. The van der Waals surface area contributed by atoms with Crippen LogP contribution in [0.4, 0.5) is 0 Å². The number of hydrogen-bond acceptors (Lipinski definition) is 4. The Kier molecular flexibility index (Phi) is 4.45. The Morgan fingerprint density at radius 1 is 0.750 bits per heavy atom. The van der Waals surface area contributed by atoms with Gasteiger partial charge in [0.2, 0.25) is 0 Å². The third-order valence-electron chi connectivity index (χ3n) is 11.2. The van der Waals surface area contributed by atoms with E-state index in [0.29, 0.717) is 17.8 Å². The van der Waals surface area contributed by atoms with E-state index in [4.69, 9.17) is 9.47 Å². The Labute approximate surface area is 191 Å². The summed E-state index contributed by atoms with van der Waals surface area (Å²) in [5, 5.41) is 0. The van der Waals surface area contributed by atoms with Gasteiger partial charge in [-0.2, -0.15) is 0 Å². The lowest BCUT2D eigenvalue weighted by Gasteiger charge is -2.37. The highest BCUT2D eigenvalue weighted by Gasteiger charge is 2.63. The van der Waals surface area contributed by atoms with E-state index >= 15 is 0 Å². The van der Waals surface area contributed by atoms with E-state index in [9.17, 15) is 9.59 Å². The van der Waals surface area contributed by atoms with Crippen LogP contribution in [-0.2, 0) is 19.1 Å². The molecule has 6 fully saturated rings. The van der Waals surface area contributed by atoms with Gasteiger partial charge in [-0.15, -0.1) is 0 Å². The van der Waals surface area contributed by atoms with Crippen molar-refractivity contribution in [2.24, 2.45) is 59.2 Å². The maximum Gasteiger partial charge on any atom is 0.309 e. The van der Waals surface area contributed by atoms with Crippen LogP contribution in [0.15, 0.2) is 12.2 Å². The summed E-state index contributed by atoms with van der Waals surface area (Å²) in [6.07, 6.45) is 17.0. The molecule has 174 valence electrons. The highest BCUT2D eigenvalue weighted by atomic mass is 16.6. The maximum absolute atomic E-state index is 13.3. The van der Waals surface area contributed by atoms with E-state index in [2.05, 4.69) is 19.1 Å². The lowest BCUT2D eigenvalue weighted by Crippen LogP contribution is -2.40. The minimum absolute atomic E-state index is 0.0233. The van der Waals surface area contributed by atoms with Crippen LogP contribution >= 0.6 is 0 Å². The molecule has 7 aliphatic carbocycles. The van der Waals surface area contributed by atoms with E-state index < -0.39 is 0 Å². The fourth-order valence-electron chi connectivity index (χ4n) is 9.90. The molecule has 0 radical (unpaired) electrons. The minimum Gasteiger partial charge on any atom is -0.462 e. The molecule has 11 unspecified atom stereocenters. The molecule has 7 rings (SSSR count). The van der Waals surface area contributed by atoms with Gasteiger partial charge in [0.25, 0.3) is 0 Å². The van der Waals surface area contributed by atoms with Gasteiger partial charge in [-0.05, 0) is 118 Å². The Morgan fingerprint density at radius 3 is 2.25 bits per heavy atom. The summed E-state index contributed by atoms with van der Waals surface area (Å²) in [5.74, 6) is 5.45. The molecule has 0 aliphatic heterocycles. The zero-order chi connectivity index (χ0) is 21.6. The summed E-state index contributed by atoms with van der Waals surface area (Å²) in [6.45, 7) is 2.12. The molecule has 0 aromatic rings. The van der Waals surface area contributed by atoms with Crippen LogP contribution in [0.2, 0.25) is 0 Å². The number of fused-ring (bicyclic) bond motifs is 11. The summed E-state index contributed by atoms with van der Waals surface area (Å²) in [5.41, 5.74) is -0.252. The van der Waals surface area contributed by atoms with Crippen molar-refractivity contribution in [1.29, 1.82) is 0 Å².